The van der Waals surface area contributed by atoms with Gasteiger partial charge < -0.3 is 10.6 Å². The molecular formula is C10H11BrN4S. The topological polar surface area (TPSA) is 49.8 Å². The van der Waals surface area contributed by atoms with Crippen molar-refractivity contribution >= 4 is 38.9 Å². The molecule has 6 heteroatoms. The maximum absolute atomic E-state index is 4.32. The fraction of sp³-hybridized carbons (Fsp3) is 0.200. The van der Waals surface area contributed by atoms with Crippen LogP contribution in [-0.2, 0) is 6.54 Å². The summed E-state index contributed by atoms with van der Waals surface area (Å²) in [6, 6.07) is 2.04. The zero-order chi connectivity index (χ0) is 11.4. The second-order valence-electron chi connectivity index (χ2n) is 3.08. The number of anilines is 2. The van der Waals surface area contributed by atoms with Gasteiger partial charge in [0.25, 0.3) is 0 Å². The molecule has 2 N–H and O–H groups in total. The number of rotatable bonds is 4. The molecule has 0 fully saturated rings. The zero-order valence-electron chi connectivity index (χ0n) is 8.70. The molecule has 0 aliphatic carbocycles. The third-order valence-corrected chi connectivity index (χ3v) is 3.94. The van der Waals surface area contributed by atoms with E-state index in [0.29, 0.717) is 0 Å². The normalized spacial score (nSPS) is 10.1. The molecule has 2 rings (SSSR count). The molecule has 0 amide bonds. The van der Waals surface area contributed by atoms with E-state index in [1.165, 1.54) is 4.88 Å². The summed E-state index contributed by atoms with van der Waals surface area (Å²) in [6.07, 6.45) is 3.40. The molecule has 0 radical (unpaired) electrons. The Kier molecular flexibility index (Phi) is 3.74. The Morgan fingerprint density at radius 1 is 1.38 bits per heavy atom. The number of nitrogens with one attached hydrogen (secondary N) is 2. The molecule has 0 unspecified atom stereocenters. The monoisotopic (exact) mass is 298 g/mol. The standard InChI is InChI=1S/C10H11BrN4S/c1-12-9-5-13-6-10(15-9)14-4-8-7(11)2-3-16-8/h2-3,5-6H,4H2,1H3,(H2,12,14,15). The minimum atomic E-state index is 0.750. The van der Waals surface area contributed by atoms with E-state index in [4.69, 9.17) is 0 Å². The SMILES string of the molecule is CNc1cncc(NCc2sccc2Br)n1. The molecule has 0 aliphatic heterocycles. The van der Waals surface area contributed by atoms with Gasteiger partial charge in [0.2, 0.25) is 0 Å². The summed E-state index contributed by atoms with van der Waals surface area (Å²) in [7, 11) is 1.82. The van der Waals surface area contributed by atoms with Gasteiger partial charge in [0.15, 0.2) is 0 Å². The second-order valence-corrected chi connectivity index (χ2v) is 4.94. The molecule has 2 aromatic heterocycles. The van der Waals surface area contributed by atoms with Gasteiger partial charge in [0.1, 0.15) is 11.6 Å². The van der Waals surface area contributed by atoms with Crippen molar-refractivity contribution in [3.63, 3.8) is 0 Å². The van der Waals surface area contributed by atoms with Crippen LogP contribution in [0.3, 0.4) is 0 Å². The van der Waals surface area contributed by atoms with Gasteiger partial charge >= 0.3 is 0 Å². The number of hydrogen-bond acceptors (Lipinski definition) is 5. The van der Waals surface area contributed by atoms with Crippen LogP contribution in [-0.4, -0.2) is 17.0 Å². The Morgan fingerprint density at radius 3 is 2.88 bits per heavy atom. The maximum atomic E-state index is 4.32. The lowest BCUT2D eigenvalue weighted by Gasteiger charge is -2.05. The molecule has 0 saturated carbocycles. The van der Waals surface area contributed by atoms with Crippen LogP contribution >= 0.6 is 27.3 Å². The fourth-order valence-corrected chi connectivity index (χ4v) is 2.63. The van der Waals surface area contributed by atoms with Gasteiger partial charge in [0.05, 0.1) is 18.9 Å². The minimum absolute atomic E-state index is 0.750. The van der Waals surface area contributed by atoms with E-state index in [0.717, 1.165) is 22.7 Å². The van der Waals surface area contributed by atoms with Crippen LogP contribution in [0.15, 0.2) is 28.3 Å². The van der Waals surface area contributed by atoms with Crippen molar-refractivity contribution in [2.24, 2.45) is 0 Å². The summed E-state index contributed by atoms with van der Waals surface area (Å²) in [6.45, 7) is 0.750. The van der Waals surface area contributed by atoms with Crippen molar-refractivity contribution in [3.05, 3.63) is 33.2 Å². The number of nitrogens with zero attached hydrogens (tertiary/aromatic N) is 2. The third-order valence-electron chi connectivity index (χ3n) is 2.01. The molecule has 2 heterocycles. The fourth-order valence-electron chi connectivity index (χ4n) is 1.19. The average molecular weight is 299 g/mol. The highest BCUT2D eigenvalue weighted by Crippen LogP contribution is 2.23. The lowest BCUT2D eigenvalue weighted by molar-refractivity contribution is 1.10. The van der Waals surface area contributed by atoms with Crippen LogP contribution in [0.5, 0.6) is 0 Å². The van der Waals surface area contributed by atoms with E-state index < -0.39 is 0 Å². The van der Waals surface area contributed by atoms with Gasteiger partial charge in [-0.3, -0.25) is 4.98 Å². The van der Waals surface area contributed by atoms with E-state index in [1.807, 2.05) is 13.1 Å². The van der Waals surface area contributed by atoms with Gasteiger partial charge in [-0.1, -0.05) is 0 Å². The van der Waals surface area contributed by atoms with Crippen molar-refractivity contribution in [1.29, 1.82) is 0 Å². The average Bonchev–Trinajstić information content (AvgIpc) is 2.72. The third kappa shape index (κ3) is 2.70. The lowest BCUT2D eigenvalue weighted by Crippen LogP contribution is -2.02. The first-order chi connectivity index (χ1) is 7.79. The summed E-state index contributed by atoms with van der Waals surface area (Å²) in [5, 5.41) is 8.23. The van der Waals surface area contributed by atoms with E-state index in [-0.39, 0.29) is 0 Å². The predicted octanol–water partition coefficient (Wildman–Crippen LogP) is 2.95. The Bertz CT molecular complexity index is 471. The van der Waals surface area contributed by atoms with Crippen LogP contribution < -0.4 is 10.6 Å². The summed E-state index contributed by atoms with van der Waals surface area (Å²) >= 11 is 5.20. The van der Waals surface area contributed by atoms with Crippen LogP contribution in [0.25, 0.3) is 0 Å². The Labute approximate surface area is 106 Å². The first-order valence-corrected chi connectivity index (χ1v) is 6.42. The van der Waals surface area contributed by atoms with Crippen LogP contribution in [0.4, 0.5) is 11.6 Å². The zero-order valence-corrected chi connectivity index (χ0v) is 11.1. The maximum Gasteiger partial charge on any atom is 0.147 e. The van der Waals surface area contributed by atoms with Gasteiger partial charge in [-0.15, -0.1) is 11.3 Å². The number of halogens is 1. The van der Waals surface area contributed by atoms with Crippen LogP contribution in [0.2, 0.25) is 0 Å². The van der Waals surface area contributed by atoms with Crippen molar-refractivity contribution in [2.75, 3.05) is 17.7 Å². The van der Waals surface area contributed by atoms with E-state index in [2.05, 4.69) is 41.9 Å². The van der Waals surface area contributed by atoms with Gasteiger partial charge in [-0.2, -0.15) is 0 Å². The Balaban J connectivity index is 2.02. The summed E-state index contributed by atoms with van der Waals surface area (Å²) in [5.74, 6) is 1.53. The van der Waals surface area contributed by atoms with E-state index >= 15 is 0 Å². The molecule has 0 atom stereocenters. The lowest BCUT2D eigenvalue weighted by atomic mass is 10.4. The predicted molar refractivity (Wildman–Crippen MR) is 70.9 cm³/mol. The number of hydrogen-bond donors (Lipinski definition) is 2. The highest BCUT2D eigenvalue weighted by molar-refractivity contribution is 9.10. The molecular weight excluding hydrogens is 288 g/mol. The van der Waals surface area contributed by atoms with Crippen LogP contribution in [0, 0.1) is 0 Å². The minimum Gasteiger partial charge on any atom is -0.372 e. The van der Waals surface area contributed by atoms with E-state index in [9.17, 15) is 0 Å². The van der Waals surface area contributed by atoms with Crippen molar-refractivity contribution < 1.29 is 0 Å². The molecule has 0 aliphatic rings. The molecule has 84 valence electrons. The Morgan fingerprint density at radius 2 is 2.19 bits per heavy atom. The van der Waals surface area contributed by atoms with Gasteiger partial charge in [-0.05, 0) is 27.4 Å². The molecule has 0 spiro atoms. The van der Waals surface area contributed by atoms with Gasteiger partial charge in [-0.25, -0.2) is 4.98 Å². The second kappa shape index (κ2) is 5.27. The molecule has 2 aromatic rings. The largest absolute Gasteiger partial charge is 0.372 e. The summed E-state index contributed by atoms with van der Waals surface area (Å²) < 4.78 is 1.13. The number of aromatic nitrogens is 2. The molecule has 0 bridgehead atoms. The number of thiophene rings is 1. The summed E-state index contributed by atoms with van der Waals surface area (Å²) in [5.41, 5.74) is 0. The van der Waals surface area contributed by atoms with Crippen molar-refractivity contribution in [1.82, 2.24) is 9.97 Å². The van der Waals surface area contributed by atoms with E-state index in [1.54, 1.807) is 23.7 Å². The van der Waals surface area contributed by atoms with Gasteiger partial charge in [0, 0.05) is 16.4 Å². The first-order valence-electron chi connectivity index (χ1n) is 4.75. The highest BCUT2D eigenvalue weighted by atomic mass is 79.9. The molecule has 16 heavy (non-hydrogen) atoms. The quantitative estimate of drug-likeness (QED) is 0.911. The van der Waals surface area contributed by atoms with Crippen molar-refractivity contribution in [3.8, 4) is 0 Å². The highest BCUT2D eigenvalue weighted by Gasteiger charge is 2.02. The smallest absolute Gasteiger partial charge is 0.147 e. The summed E-state index contributed by atoms with van der Waals surface area (Å²) in [4.78, 5) is 9.65. The Hall–Kier alpha value is -1.14. The molecule has 0 saturated heterocycles. The van der Waals surface area contributed by atoms with Crippen molar-refractivity contribution in [2.45, 2.75) is 6.54 Å². The first kappa shape index (κ1) is 11.3. The molecule has 4 nitrogen and oxygen atoms in total. The molecule has 0 aromatic carbocycles. The van der Waals surface area contributed by atoms with Crippen LogP contribution in [0.1, 0.15) is 4.88 Å².